The lowest BCUT2D eigenvalue weighted by Gasteiger charge is -2.41. The van der Waals surface area contributed by atoms with Gasteiger partial charge in [-0.25, -0.2) is 4.79 Å². The summed E-state index contributed by atoms with van der Waals surface area (Å²) in [5, 5.41) is 5.28. The highest BCUT2D eigenvalue weighted by molar-refractivity contribution is 7.78. The van der Waals surface area contributed by atoms with Gasteiger partial charge in [0.15, 0.2) is 5.82 Å². The molecular weight excluding hydrogens is 493 g/mol. The Morgan fingerprint density at radius 2 is 1.92 bits per heavy atom. The highest BCUT2D eigenvalue weighted by Gasteiger charge is 2.47. The summed E-state index contributed by atoms with van der Waals surface area (Å²) < 4.78 is 46.3. The number of anilines is 1. The van der Waals surface area contributed by atoms with Gasteiger partial charge in [0.05, 0.1) is 24.2 Å². The predicted octanol–water partition coefficient (Wildman–Crippen LogP) is 5.46. The molecule has 2 aromatic rings. The molecule has 2 aliphatic rings. The van der Waals surface area contributed by atoms with Crippen molar-refractivity contribution in [2.24, 2.45) is 5.92 Å². The number of halogens is 3. The molecule has 2 aliphatic heterocycles. The molecule has 1 aromatic heterocycles. The maximum Gasteiger partial charge on any atom is 0.410 e. The van der Waals surface area contributed by atoms with Crippen LogP contribution in [0.25, 0.3) is 0 Å². The topological polar surface area (TPSA) is 77.7 Å². The third kappa shape index (κ3) is 5.27. The number of benzene rings is 1. The standard InChI is InChI=1S/C25H27F3N4O3S/c1-24(2,3)35-23(34)32-13-16(25(26,27)28)8-9-18(32)17-7-5-4-6-15(17)12-31-19-10-11-29-21(19)22(33)30-20(31)14-36/h4-7,10-11,16,18,29H,8-9,12-13H2,1-3H3,(H,30,33). The summed E-state index contributed by atoms with van der Waals surface area (Å²) in [6.07, 6.45) is -3.54. The molecule has 0 radical (unpaired) electrons. The number of amides is 2. The molecule has 0 bridgehead atoms. The van der Waals surface area contributed by atoms with E-state index in [2.05, 4.69) is 15.3 Å². The van der Waals surface area contributed by atoms with Crippen LogP contribution in [0.2, 0.25) is 0 Å². The Labute approximate surface area is 212 Å². The number of hydrogen-bond donors (Lipinski definition) is 2. The van der Waals surface area contributed by atoms with Crippen molar-refractivity contribution in [3.8, 4) is 0 Å². The van der Waals surface area contributed by atoms with Crippen molar-refractivity contribution in [3.05, 3.63) is 59.2 Å². The summed E-state index contributed by atoms with van der Waals surface area (Å²) in [5.41, 5.74) is 1.59. The molecular formula is C25H27F3N4O3S. The molecule has 1 aromatic carbocycles. The molecule has 3 heterocycles. The molecule has 2 unspecified atom stereocenters. The van der Waals surface area contributed by atoms with E-state index in [4.69, 9.17) is 17.0 Å². The molecule has 0 aliphatic carbocycles. The zero-order valence-corrected chi connectivity index (χ0v) is 20.9. The molecule has 11 heteroatoms. The maximum atomic E-state index is 13.6. The van der Waals surface area contributed by atoms with E-state index in [0.717, 1.165) is 5.56 Å². The van der Waals surface area contributed by atoms with Crippen molar-refractivity contribution in [2.45, 2.75) is 58.0 Å². The van der Waals surface area contributed by atoms with Gasteiger partial charge in [0.1, 0.15) is 11.3 Å². The van der Waals surface area contributed by atoms with Crippen LogP contribution in [0.5, 0.6) is 0 Å². The predicted molar refractivity (Wildman–Crippen MR) is 131 cm³/mol. The lowest BCUT2D eigenvalue weighted by molar-refractivity contribution is -0.188. The Morgan fingerprint density at radius 3 is 2.58 bits per heavy atom. The number of H-pyrrole nitrogens is 1. The Bertz CT molecular complexity index is 1210. The number of fused-ring (bicyclic) bond motifs is 1. The maximum absolute atomic E-state index is 13.6. The molecule has 7 nitrogen and oxygen atoms in total. The van der Waals surface area contributed by atoms with E-state index in [-0.39, 0.29) is 25.3 Å². The zero-order chi connectivity index (χ0) is 26.3. The molecule has 0 saturated carbocycles. The van der Waals surface area contributed by atoms with Gasteiger partial charge in [0, 0.05) is 12.7 Å². The summed E-state index contributed by atoms with van der Waals surface area (Å²) in [7, 11) is 0. The zero-order valence-electron chi connectivity index (χ0n) is 20.1. The molecule has 4 rings (SSSR count). The summed E-state index contributed by atoms with van der Waals surface area (Å²) in [6.45, 7) is 4.80. The summed E-state index contributed by atoms with van der Waals surface area (Å²) in [5.74, 6) is -1.67. The quantitative estimate of drug-likeness (QED) is 0.526. The van der Waals surface area contributed by atoms with Gasteiger partial charge in [-0.15, -0.1) is 0 Å². The number of nitrogens with one attached hydrogen (secondary N) is 2. The molecule has 192 valence electrons. The van der Waals surface area contributed by atoms with Crippen LogP contribution < -0.4 is 10.2 Å². The van der Waals surface area contributed by atoms with Gasteiger partial charge in [-0.1, -0.05) is 24.3 Å². The molecule has 36 heavy (non-hydrogen) atoms. The number of aromatic amines is 1. The van der Waals surface area contributed by atoms with E-state index >= 15 is 0 Å². The van der Waals surface area contributed by atoms with E-state index in [9.17, 15) is 22.8 Å². The smallest absolute Gasteiger partial charge is 0.410 e. The number of rotatable bonds is 3. The van der Waals surface area contributed by atoms with Crippen molar-refractivity contribution >= 4 is 34.9 Å². The average molecular weight is 521 g/mol. The van der Waals surface area contributed by atoms with Crippen LogP contribution in [0, 0.1) is 5.92 Å². The number of thiocarbonyl (C=S) groups is 1. The first-order valence-electron chi connectivity index (χ1n) is 11.5. The van der Waals surface area contributed by atoms with Crippen molar-refractivity contribution in [1.82, 2.24) is 15.2 Å². The van der Waals surface area contributed by atoms with E-state index < -0.39 is 36.4 Å². The third-order valence-corrected chi connectivity index (χ3v) is 6.45. The molecule has 1 saturated heterocycles. The van der Waals surface area contributed by atoms with Crippen LogP contribution in [-0.4, -0.2) is 45.2 Å². The number of hydrogen-bond acceptors (Lipinski definition) is 5. The lowest BCUT2D eigenvalue weighted by Crippen LogP contribution is -2.48. The van der Waals surface area contributed by atoms with Crippen LogP contribution >= 0.6 is 12.2 Å². The van der Waals surface area contributed by atoms with E-state index in [1.165, 1.54) is 4.90 Å². The third-order valence-electron chi connectivity index (χ3n) is 6.26. The van der Waals surface area contributed by atoms with Crippen LogP contribution in [0.3, 0.4) is 0 Å². The van der Waals surface area contributed by atoms with Gasteiger partial charge in [-0.05, 0) is 68.0 Å². The number of carbonyl (C=O) groups excluding carboxylic acids is 2. The number of carbonyl (C=O) groups is 2. The first-order chi connectivity index (χ1) is 16.9. The SMILES string of the molecule is CC(C)(C)OC(=O)N1CC(C(F)(F)F)CCC1c1ccccc1CN1C(=C=S)NC(=O)c2[nH]ccc21. The van der Waals surface area contributed by atoms with Crippen molar-refractivity contribution in [1.29, 1.82) is 0 Å². The fraction of sp³-hybridized carbons (Fsp3) is 0.440. The van der Waals surface area contributed by atoms with E-state index in [1.807, 2.05) is 18.2 Å². The van der Waals surface area contributed by atoms with Gasteiger partial charge in [-0.3, -0.25) is 10.1 Å². The first kappa shape index (κ1) is 25.8. The highest BCUT2D eigenvalue weighted by Crippen LogP contribution is 2.42. The number of alkyl halides is 3. The molecule has 2 atom stereocenters. The van der Waals surface area contributed by atoms with Gasteiger partial charge < -0.3 is 19.5 Å². The minimum Gasteiger partial charge on any atom is -0.444 e. The molecule has 0 spiro atoms. The second kappa shape index (κ2) is 9.63. The van der Waals surface area contributed by atoms with Gasteiger partial charge >= 0.3 is 12.3 Å². The number of ether oxygens (including phenoxy) is 1. The Morgan fingerprint density at radius 1 is 1.19 bits per heavy atom. The fourth-order valence-electron chi connectivity index (χ4n) is 4.63. The van der Waals surface area contributed by atoms with Gasteiger partial charge in [-0.2, -0.15) is 13.2 Å². The number of piperidine rings is 1. The fourth-order valence-corrected chi connectivity index (χ4v) is 4.79. The average Bonchev–Trinajstić information content (AvgIpc) is 3.30. The summed E-state index contributed by atoms with van der Waals surface area (Å²) in [4.78, 5) is 31.3. The van der Waals surface area contributed by atoms with Crippen molar-refractivity contribution in [3.63, 3.8) is 0 Å². The second-order valence-corrected chi connectivity index (χ2v) is 10.1. The van der Waals surface area contributed by atoms with Crippen LogP contribution in [0.4, 0.5) is 23.7 Å². The lowest BCUT2D eigenvalue weighted by atomic mass is 9.87. The van der Waals surface area contributed by atoms with Gasteiger partial charge in [0.2, 0.25) is 0 Å². The largest absolute Gasteiger partial charge is 0.444 e. The Balaban J connectivity index is 1.70. The number of nitrogens with zero attached hydrogens (tertiary/aromatic N) is 2. The van der Waals surface area contributed by atoms with Crippen LogP contribution in [-0.2, 0) is 11.3 Å². The second-order valence-electron chi connectivity index (χ2n) is 9.89. The minimum atomic E-state index is -4.42. The normalized spacial score (nSPS) is 20.5. The Kier molecular flexibility index (Phi) is 6.90. The van der Waals surface area contributed by atoms with Crippen LogP contribution in [0.15, 0.2) is 42.3 Å². The Hall–Kier alpha value is -3.30. The molecule has 2 N–H and O–H groups in total. The summed E-state index contributed by atoms with van der Waals surface area (Å²) in [6, 6.07) is 8.40. The van der Waals surface area contributed by atoms with E-state index in [1.54, 1.807) is 44.0 Å². The molecule has 2 amide bonds. The van der Waals surface area contributed by atoms with Crippen LogP contribution in [0.1, 0.15) is 61.3 Å². The minimum absolute atomic E-state index is 0.103. The summed E-state index contributed by atoms with van der Waals surface area (Å²) >= 11 is 5.00. The highest BCUT2D eigenvalue weighted by atomic mass is 32.1. The molecule has 1 fully saturated rings. The first-order valence-corrected chi connectivity index (χ1v) is 12.0. The van der Waals surface area contributed by atoms with Crippen molar-refractivity contribution < 1.29 is 27.5 Å². The monoisotopic (exact) mass is 520 g/mol. The number of aromatic nitrogens is 1. The van der Waals surface area contributed by atoms with E-state index in [0.29, 0.717) is 22.8 Å². The van der Waals surface area contributed by atoms with Gasteiger partial charge in [0.25, 0.3) is 5.91 Å². The van der Waals surface area contributed by atoms with Crippen molar-refractivity contribution in [2.75, 3.05) is 11.4 Å². The number of likely N-dealkylation sites (tertiary alicyclic amines) is 1.